The summed E-state index contributed by atoms with van der Waals surface area (Å²) in [5.41, 5.74) is 2.96. The zero-order valence-corrected chi connectivity index (χ0v) is 19.7. The predicted molar refractivity (Wildman–Crippen MR) is 117 cm³/mol. The van der Waals surface area contributed by atoms with Crippen molar-refractivity contribution in [3.8, 4) is 6.07 Å². The molecule has 1 unspecified atom stereocenters. The molecule has 0 saturated carbocycles. The summed E-state index contributed by atoms with van der Waals surface area (Å²) < 4.78 is 16.1. The van der Waals surface area contributed by atoms with Crippen LogP contribution >= 0.6 is 0 Å². The Morgan fingerprint density at radius 1 is 1.31 bits per heavy atom. The van der Waals surface area contributed by atoms with Crippen LogP contribution in [0.1, 0.15) is 62.9 Å². The second-order valence-electron chi connectivity index (χ2n) is 9.02. The van der Waals surface area contributed by atoms with Crippen molar-refractivity contribution in [3.05, 3.63) is 22.4 Å². The molecule has 1 aromatic heterocycles. The molecule has 1 amide bonds. The molecule has 174 valence electrons. The summed E-state index contributed by atoms with van der Waals surface area (Å²) in [5.74, 6) is 0.182. The summed E-state index contributed by atoms with van der Waals surface area (Å²) in [6, 6.07) is 1.51. The maximum Gasteiger partial charge on any atom is 0.410 e. The Morgan fingerprint density at radius 3 is 2.62 bits per heavy atom. The summed E-state index contributed by atoms with van der Waals surface area (Å²) >= 11 is 0. The molecular formula is C23H32N4O5. The molecule has 9 nitrogen and oxygen atoms in total. The Morgan fingerprint density at radius 2 is 2.03 bits per heavy atom. The highest BCUT2D eigenvalue weighted by molar-refractivity contribution is 5.83. The number of rotatable bonds is 4. The van der Waals surface area contributed by atoms with Crippen LogP contribution in [0.2, 0.25) is 0 Å². The van der Waals surface area contributed by atoms with E-state index in [9.17, 15) is 14.9 Å². The first kappa shape index (κ1) is 23.8. The van der Waals surface area contributed by atoms with Crippen LogP contribution in [0.5, 0.6) is 0 Å². The van der Waals surface area contributed by atoms with Gasteiger partial charge in [-0.1, -0.05) is 13.8 Å². The number of aromatic nitrogens is 1. The number of ether oxygens (including phenoxy) is 3. The van der Waals surface area contributed by atoms with Crippen LogP contribution in [0.3, 0.4) is 0 Å². The van der Waals surface area contributed by atoms with Gasteiger partial charge in [-0.3, -0.25) is 4.90 Å². The lowest BCUT2D eigenvalue weighted by atomic mass is 9.86. The van der Waals surface area contributed by atoms with Crippen molar-refractivity contribution in [3.63, 3.8) is 0 Å². The van der Waals surface area contributed by atoms with E-state index in [2.05, 4.69) is 19.9 Å². The van der Waals surface area contributed by atoms with Gasteiger partial charge in [0.05, 0.1) is 43.7 Å². The van der Waals surface area contributed by atoms with Crippen LogP contribution in [0, 0.1) is 11.3 Å². The molecule has 0 N–H and O–H groups in total. The third-order valence-corrected chi connectivity index (χ3v) is 5.94. The number of anilines is 1. The molecule has 1 atom stereocenters. The number of hydrogen-bond donors (Lipinski definition) is 0. The van der Waals surface area contributed by atoms with Crippen molar-refractivity contribution in [1.82, 2.24) is 9.88 Å². The first-order valence-electron chi connectivity index (χ1n) is 11.0. The average Bonchev–Trinajstić information content (AvgIpc) is 2.76. The molecule has 0 aliphatic carbocycles. The third kappa shape index (κ3) is 4.51. The molecule has 9 heteroatoms. The molecule has 0 spiro atoms. The lowest BCUT2D eigenvalue weighted by Gasteiger charge is -2.41. The van der Waals surface area contributed by atoms with E-state index in [1.165, 1.54) is 12.0 Å². The number of carbonyl (C=O) groups excluding carboxylic acids is 2. The molecule has 3 rings (SSSR count). The summed E-state index contributed by atoms with van der Waals surface area (Å²) in [5, 5.41) is 10.1. The van der Waals surface area contributed by atoms with Gasteiger partial charge < -0.3 is 19.1 Å². The lowest BCUT2D eigenvalue weighted by Crippen LogP contribution is -2.59. The predicted octanol–water partition coefficient (Wildman–Crippen LogP) is 2.75. The number of pyridine rings is 1. The molecule has 0 aromatic carbocycles. The Bertz CT molecular complexity index is 937. The number of fused-ring (bicyclic) bond motifs is 1. The van der Waals surface area contributed by atoms with Crippen LogP contribution in [0.25, 0.3) is 0 Å². The maximum atomic E-state index is 12.7. The van der Waals surface area contributed by atoms with Crippen molar-refractivity contribution in [1.29, 1.82) is 5.26 Å². The third-order valence-electron chi connectivity index (χ3n) is 5.94. The van der Waals surface area contributed by atoms with Gasteiger partial charge in [0.2, 0.25) is 0 Å². The Labute approximate surface area is 189 Å². The number of piperazine rings is 1. The Hall–Kier alpha value is -2.86. The summed E-state index contributed by atoms with van der Waals surface area (Å²) in [6.07, 6.45) is 0.0209. The number of nitrogens with zero attached hydrogens (tertiary/aromatic N) is 4. The second kappa shape index (κ2) is 9.33. The summed E-state index contributed by atoms with van der Waals surface area (Å²) in [4.78, 5) is 33.1. The van der Waals surface area contributed by atoms with E-state index < -0.39 is 18.1 Å². The molecule has 1 aromatic rings. The van der Waals surface area contributed by atoms with Gasteiger partial charge in [-0.25, -0.2) is 14.6 Å². The van der Waals surface area contributed by atoms with E-state index in [1.807, 2.05) is 18.7 Å². The summed E-state index contributed by atoms with van der Waals surface area (Å²) in [7, 11) is 1.29. The molecule has 1 fully saturated rings. The van der Waals surface area contributed by atoms with Crippen molar-refractivity contribution in [2.24, 2.45) is 0 Å². The molecule has 2 aliphatic heterocycles. The van der Waals surface area contributed by atoms with Crippen LogP contribution in [0.15, 0.2) is 0 Å². The van der Waals surface area contributed by atoms with E-state index in [0.717, 1.165) is 16.8 Å². The van der Waals surface area contributed by atoms with Gasteiger partial charge in [-0.15, -0.1) is 0 Å². The average molecular weight is 445 g/mol. The van der Waals surface area contributed by atoms with E-state index >= 15 is 0 Å². The lowest BCUT2D eigenvalue weighted by molar-refractivity contribution is -0.149. The number of esters is 1. The largest absolute Gasteiger partial charge is 0.464 e. The van der Waals surface area contributed by atoms with Gasteiger partial charge in [0.25, 0.3) is 0 Å². The van der Waals surface area contributed by atoms with E-state index in [-0.39, 0.29) is 31.2 Å². The fourth-order valence-electron chi connectivity index (χ4n) is 4.35. The fraction of sp³-hybridized carbons (Fsp3) is 0.652. The highest BCUT2D eigenvalue weighted by Gasteiger charge is 2.40. The molecule has 32 heavy (non-hydrogen) atoms. The maximum absolute atomic E-state index is 12.7. The van der Waals surface area contributed by atoms with Crippen LogP contribution in [0.4, 0.5) is 10.6 Å². The second-order valence-corrected chi connectivity index (χ2v) is 9.02. The minimum absolute atomic E-state index is 0.136. The van der Waals surface area contributed by atoms with Crippen molar-refractivity contribution in [2.75, 3.05) is 38.3 Å². The highest BCUT2D eigenvalue weighted by atomic mass is 16.6. The molecule has 1 saturated heterocycles. The van der Waals surface area contributed by atoms with Gasteiger partial charge in [-0.05, 0) is 32.3 Å². The quantitative estimate of drug-likeness (QED) is 0.653. The van der Waals surface area contributed by atoms with E-state index in [4.69, 9.17) is 19.2 Å². The molecular weight excluding hydrogens is 412 g/mol. The zero-order chi connectivity index (χ0) is 23.6. The van der Waals surface area contributed by atoms with Crippen LogP contribution in [-0.4, -0.2) is 66.9 Å². The van der Waals surface area contributed by atoms with Crippen LogP contribution < -0.4 is 4.90 Å². The summed E-state index contributed by atoms with van der Waals surface area (Å²) in [6.45, 7) is 11.3. The van der Waals surface area contributed by atoms with Gasteiger partial charge in [-0.2, -0.15) is 5.26 Å². The molecule has 3 heterocycles. The highest BCUT2D eigenvalue weighted by Crippen LogP contribution is 2.38. The first-order chi connectivity index (χ1) is 15.1. The van der Waals surface area contributed by atoms with Crippen molar-refractivity contribution < 1.29 is 23.8 Å². The van der Waals surface area contributed by atoms with Gasteiger partial charge in [0.15, 0.2) is 6.04 Å². The van der Waals surface area contributed by atoms with Gasteiger partial charge in [0.1, 0.15) is 11.9 Å². The standard InChI is InChI=1S/C23H32N4O5/c1-7-31-21(28)18-12-26(8-9-27(18)22(29)30-6)20-16(11-24)15-10-23(4,5)32-13-17(15)19(25-20)14(2)3/h14,18H,7-10,12-13H2,1-6H3. The fourth-order valence-corrected chi connectivity index (χ4v) is 4.35. The number of carbonyl (C=O) groups is 2. The number of methoxy groups -OCH3 is 1. The minimum atomic E-state index is -0.845. The van der Waals surface area contributed by atoms with E-state index in [0.29, 0.717) is 31.0 Å². The molecule has 2 aliphatic rings. The zero-order valence-electron chi connectivity index (χ0n) is 19.7. The first-order valence-corrected chi connectivity index (χ1v) is 11.0. The normalized spacial score (nSPS) is 19.9. The smallest absolute Gasteiger partial charge is 0.410 e. The van der Waals surface area contributed by atoms with Crippen molar-refractivity contribution in [2.45, 2.75) is 65.2 Å². The monoisotopic (exact) mass is 444 g/mol. The van der Waals surface area contributed by atoms with Crippen molar-refractivity contribution >= 4 is 17.9 Å². The van der Waals surface area contributed by atoms with E-state index in [1.54, 1.807) is 6.92 Å². The number of amides is 1. The number of hydrogen-bond acceptors (Lipinski definition) is 8. The minimum Gasteiger partial charge on any atom is -0.464 e. The van der Waals surface area contributed by atoms with Gasteiger partial charge in [0, 0.05) is 25.1 Å². The number of nitriles is 1. The SMILES string of the molecule is CCOC(=O)C1CN(c2nc(C(C)C)c3c(c2C#N)CC(C)(C)OC3)CCN1C(=O)OC. The van der Waals surface area contributed by atoms with Crippen LogP contribution in [-0.2, 0) is 32.0 Å². The molecule has 0 radical (unpaired) electrons. The molecule has 0 bridgehead atoms. The van der Waals surface area contributed by atoms with Gasteiger partial charge >= 0.3 is 12.1 Å². The Kier molecular flexibility index (Phi) is 6.94. The topological polar surface area (TPSA) is 105 Å². The Balaban J connectivity index is 2.07.